The molecule has 1 rings (SSSR count). The molecule has 0 spiro atoms. The summed E-state index contributed by atoms with van der Waals surface area (Å²) in [5, 5.41) is 0. The predicted molar refractivity (Wildman–Crippen MR) is 57.9 cm³/mol. The molecular formula is C11H19NO4. The standard InChI is InChI=1S/C11H19NO4/c1-3-15-10(13)6-7-12(2)11(14)9-5-4-8-16-9/h9H,3-8H2,1-2H3/t9-/m1/s1. The number of esters is 1. The number of hydrogen-bond acceptors (Lipinski definition) is 4. The third-order valence-corrected chi connectivity index (χ3v) is 2.54. The average molecular weight is 229 g/mol. The zero-order valence-corrected chi connectivity index (χ0v) is 9.90. The van der Waals surface area contributed by atoms with Crippen LogP contribution < -0.4 is 0 Å². The smallest absolute Gasteiger partial charge is 0.307 e. The molecule has 1 aliphatic heterocycles. The SMILES string of the molecule is CCOC(=O)CCN(C)C(=O)[C@H]1CCCO1. The lowest BCUT2D eigenvalue weighted by molar-refractivity contribution is -0.145. The van der Waals surface area contributed by atoms with E-state index in [9.17, 15) is 9.59 Å². The molecular weight excluding hydrogens is 210 g/mol. The number of ether oxygens (including phenoxy) is 2. The highest BCUT2D eigenvalue weighted by Crippen LogP contribution is 2.14. The fraction of sp³-hybridized carbons (Fsp3) is 0.818. The number of carbonyl (C=O) groups excluding carboxylic acids is 2. The van der Waals surface area contributed by atoms with Gasteiger partial charge in [-0.1, -0.05) is 0 Å². The van der Waals surface area contributed by atoms with Crippen LogP contribution >= 0.6 is 0 Å². The van der Waals surface area contributed by atoms with Crippen molar-refractivity contribution < 1.29 is 19.1 Å². The van der Waals surface area contributed by atoms with Gasteiger partial charge in [0.2, 0.25) is 0 Å². The molecule has 1 amide bonds. The Hall–Kier alpha value is -1.10. The van der Waals surface area contributed by atoms with Crippen molar-refractivity contribution in [3.8, 4) is 0 Å². The van der Waals surface area contributed by atoms with E-state index in [1.807, 2.05) is 0 Å². The number of nitrogens with zero attached hydrogens (tertiary/aromatic N) is 1. The van der Waals surface area contributed by atoms with Crippen LogP contribution in [0.5, 0.6) is 0 Å². The maximum absolute atomic E-state index is 11.8. The minimum Gasteiger partial charge on any atom is -0.466 e. The number of amides is 1. The summed E-state index contributed by atoms with van der Waals surface area (Å²) >= 11 is 0. The molecule has 0 saturated carbocycles. The van der Waals surface area contributed by atoms with Gasteiger partial charge in [-0.25, -0.2) is 0 Å². The molecule has 0 bridgehead atoms. The lowest BCUT2D eigenvalue weighted by atomic mass is 10.2. The molecule has 1 heterocycles. The van der Waals surface area contributed by atoms with E-state index in [1.165, 1.54) is 4.90 Å². The Morgan fingerprint density at radius 2 is 2.25 bits per heavy atom. The zero-order chi connectivity index (χ0) is 12.0. The first-order valence-electron chi connectivity index (χ1n) is 5.67. The van der Waals surface area contributed by atoms with E-state index >= 15 is 0 Å². The van der Waals surface area contributed by atoms with E-state index in [1.54, 1.807) is 14.0 Å². The van der Waals surface area contributed by atoms with Gasteiger partial charge < -0.3 is 14.4 Å². The topological polar surface area (TPSA) is 55.8 Å². The van der Waals surface area contributed by atoms with Crippen LogP contribution in [0.3, 0.4) is 0 Å². The van der Waals surface area contributed by atoms with Crippen molar-refractivity contribution in [1.82, 2.24) is 4.90 Å². The van der Waals surface area contributed by atoms with Gasteiger partial charge in [-0.3, -0.25) is 9.59 Å². The monoisotopic (exact) mass is 229 g/mol. The molecule has 5 nitrogen and oxygen atoms in total. The Morgan fingerprint density at radius 3 is 2.81 bits per heavy atom. The molecule has 1 aliphatic rings. The molecule has 92 valence electrons. The van der Waals surface area contributed by atoms with Gasteiger partial charge in [0.05, 0.1) is 13.0 Å². The number of rotatable bonds is 5. The molecule has 1 atom stereocenters. The van der Waals surface area contributed by atoms with Gasteiger partial charge in [0.1, 0.15) is 6.10 Å². The fourth-order valence-corrected chi connectivity index (χ4v) is 1.62. The third-order valence-electron chi connectivity index (χ3n) is 2.54. The fourth-order valence-electron chi connectivity index (χ4n) is 1.62. The highest BCUT2D eigenvalue weighted by molar-refractivity contribution is 5.81. The molecule has 0 aromatic heterocycles. The first kappa shape index (κ1) is 13.0. The molecule has 0 unspecified atom stereocenters. The van der Waals surface area contributed by atoms with E-state index in [-0.39, 0.29) is 24.4 Å². The summed E-state index contributed by atoms with van der Waals surface area (Å²) in [4.78, 5) is 24.4. The van der Waals surface area contributed by atoms with Crippen molar-refractivity contribution >= 4 is 11.9 Å². The second-order valence-corrected chi connectivity index (χ2v) is 3.82. The van der Waals surface area contributed by atoms with Gasteiger partial charge in [0.25, 0.3) is 5.91 Å². The van der Waals surface area contributed by atoms with Gasteiger partial charge in [-0.2, -0.15) is 0 Å². The van der Waals surface area contributed by atoms with Crippen LogP contribution in [-0.2, 0) is 19.1 Å². The minimum absolute atomic E-state index is 0.0400. The highest BCUT2D eigenvalue weighted by Gasteiger charge is 2.26. The maximum atomic E-state index is 11.8. The lowest BCUT2D eigenvalue weighted by Crippen LogP contribution is -2.37. The Bertz CT molecular complexity index is 248. The number of carbonyl (C=O) groups is 2. The quantitative estimate of drug-likeness (QED) is 0.647. The van der Waals surface area contributed by atoms with Crippen LogP contribution in [0.15, 0.2) is 0 Å². The maximum Gasteiger partial charge on any atom is 0.307 e. The largest absolute Gasteiger partial charge is 0.466 e. The second kappa shape index (κ2) is 6.48. The van der Waals surface area contributed by atoms with Crippen LogP contribution in [-0.4, -0.2) is 49.7 Å². The first-order chi connectivity index (χ1) is 7.65. The molecule has 16 heavy (non-hydrogen) atoms. The molecule has 0 N–H and O–H groups in total. The Balaban J connectivity index is 2.25. The molecule has 0 aromatic carbocycles. The van der Waals surface area contributed by atoms with Crippen molar-refractivity contribution in [2.45, 2.75) is 32.3 Å². The van der Waals surface area contributed by atoms with Gasteiger partial charge in [0, 0.05) is 20.2 Å². The van der Waals surface area contributed by atoms with Crippen molar-refractivity contribution in [1.29, 1.82) is 0 Å². The summed E-state index contributed by atoms with van der Waals surface area (Å²) in [5.41, 5.74) is 0. The lowest BCUT2D eigenvalue weighted by Gasteiger charge is -2.19. The molecule has 0 radical (unpaired) electrons. The van der Waals surface area contributed by atoms with Crippen LogP contribution in [0.2, 0.25) is 0 Å². The summed E-state index contributed by atoms with van der Waals surface area (Å²) in [6.45, 7) is 3.18. The number of likely N-dealkylation sites (N-methyl/N-ethyl adjacent to an activating group) is 1. The molecule has 5 heteroatoms. The van der Waals surface area contributed by atoms with Crippen molar-refractivity contribution in [2.75, 3.05) is 26.8 Å². The Morgan fingerprint density at radius 1 is 1.50 bits per heavy atom. The van der Waals surface area contributed by atoms with E-state index < -0.39 is 0 Å². The molecule has 1 saturated heterocycles. The van der Waals surface area contributed by atoms with Gasteiger partial charge in [0.15, 0.2) is 0 Å². The summed E-state index contributed by atoms with van der Waals surface area (Å²) in [7, 11) is 1.68. The highest BCUT2D eigenvalue weighted by atomic mass is 16.5. The Kier molecular flexibility index (Phi) is 5.25. The molecule has 0 aliphatic carbocycles. The van der Waals surface area contributed by atoms with Crippen LogP contribution in [0, 0.1) is 0 Å². The van der Waals surface area contributed by atoms with Crippen molar-refractivity contribution in [3.63, 3.8) is 0 Å². The van der Waals surface area contributed by atoms with Crippen molar-refractivity contribution in [2.24, 2.45) is 0 Å². The average Bonchev–Trinajstić information content (AvgIpc) is 2.78. The summed E-state index contributed by atoms with van der Waals surface area (Å²) < 4.78 is 10.1. The second-order valence-electron chi connectivity index (χ2n) is 3.82. The van der Waals surface area contributed by atoms with Crippen LogP contribution in [0.4, 0.5) is 0 Å². The first-order valence-corrected chi connectivity index (χ1v) is 5.67. The van der Waals surface area contributed by atoms with Gasteiger partial charge >= 0.3 is 5.97 Å². The summed E-state index contributed by atoms with van der Waals surface area (Å²) in [5.74, 6) is -0.309. The third kappa shape index (κ3) is 3.81. The van der Waals surface area contributed by atoms with Crippen LogP contribution in [0.25, 0.3) is 0 Å². The van der Waals surface area contributed by atoms with E-state index in [0.29, 0.717) is 19.8 Å². The van der Waals surface area contributed by atoms with Gasteiger partial charge in [-0.15, -0.1) is 0 Å². The Labute approximate surface area is 95.7 Å². The minimum atomic E-state index is -0.313. The van der Waals surface area contributed by atoms with E-state index in [4.69, 9.17) is 9.47 Å². The molecule has 1 fully saturated rings. The molecule has 0 aromatic rings. The summed E-state index contributed by atoms with van der Waals surface area (Å²) in [6.07, 6.45) is 1.64. The van der Waals surface area contributed by atoms with E-state index in [0.717, 1.165) is 12.8 Å². The normalized spacial score (nSPS) is 19.5. The van der Waals surface area contributed by atoms with Crippen molar-refractivity contribution in [3.05, 3.63) is 0 Å². The zero-order valence-electron chi connectivity index (χ0n) is 9.90. The van der Waals surface area contributed by atoms with Crippen LogP contribution in [0.1, 0.15) is 26.2 Å². The van der Waals surface area contributed by atoms with Gasteiger partial charge in [-0.05, 0) is 19.8 Å². The summed E-state index contributed by atoms with van der Waals surface area (Å²) in [6, 6.07) is 0. The number of hydrogen-bond donors (Lipinski definition) is 0. The van der Waals surface area contributed by atoms with E-state index in [2.05, 4.69) is 0 Å². The predicted octanol–water partition coefficient (Wildman–Crippen LogP) is 0.577.